The molecule has 0 amide bonds. The van der Waals surface area contributed by atoms with Gasteiger partial charge in [-0.1, -0.05) is 103 Å². The van der Waals surface area contributed by atoms with Crippen LogP contribution in [0.3, 0.4) is 0 Å². The summed E-state index contributed by atoms with van der Waals surface area (Å²) >= 11 is 0. The average Bonchev–Trinajstić information content (AvgIpc) is 3.31. The molecule has 0 saturated carbocycles. The maximum Gasteiger partial charge on any atom is 0.213 e. The molecule has 0 aliphatic carbocycles. The van der Waals surface area contributed by atoms with E-state index >= 15 is 0 Å². The number of hydrazone groups is 1. The van der Waals surface area contributed by atoms with E-state index in [4.69, 9.17) is 9.84 Å². The Morgan fingerprint density at radius 2 is 1.26 bits per heavy atom. The van der Waals surface area contributed by atoms with Crippen LogP contribution in [0.2, 0.25) is 0 Å². The second-order valence-electron chi connectivity index (χ2n) is 8.01. The van der Waals surface area contributed by atoms with Gasteiger partial charge < -0.3 is 4.74 Å². The molecular weight excluding hydrogens is 380 g/mol. The van der Waals surface area contributed by atoms with Crippen molar-refractivity contribution in [2.24, 2.45) is 5.10 Å². The van der Waals surface area contributed by atoms with Crippen molar-refractivity contribution in [1.82, 2.24) is 5.01 Å². The highest BCUT2D eigenvalue weighted by atomic mass is 16.5. The predicted octanol–water partition coefficient (Wildman–Crippen LogP) is 6.60. The van der Waals surface area contributed by atoms with Crippen molar-refractivity contribution in [3.05, 3.63) is 126 Å². The first-order valence-corrected chi connectivity index (χ1v) is 10.7. The van der Waals surface area contributed by atoms with E-state index in [9.17, 15) is 0 Å². The summed E-state index contributed by atoms with van der Waals surface area (Å²) in [6, 6.07) is 38.1. The summed E-state index contributed by atoms with van der Waals surface area (Å²) in [4.78, 5) is 0. The average molecular weight is 402 g/mol. The van der Waals surface area contributed by atoms with Crippen LogP contribution in [0.5, 0.6) is 5.75 Å². The Morgan fingerprint density at radius 1 is 0.645 bits per heavy atom. The van der Waals surface area contributed by atoms with Gasteiger partial charge in [0.2, 0.25) is 6.23 Å². The molecular formula is C28H22N2O. The molecule has 0 N–H and O–H groups in total. The van der Waals surface area contributed by atoms with Crippen LogP contribution in [0.25, 0.3) is 11.1 Å². The van der Waals surface area contributed by atoms with Crippen LogP contribution < -0.4 is 4.74 Å². The highest BCUT2D eigenvalue weighted by Crippen LogP contribution is 2.47. The first-order valence-electron chi connectivity index (χ1n) is 10.7. The van der Waals surface area contributed by atoms with Gasteiger partial charge in [0, 0.05) is 17.5 Å². The minimum absolute atomic E-state index is 0.180. The van der Waals surface area contributed by atoms with E-state index in [-0.39, 0.29) is 12.3 Å². The molecule has 2 aliphatic rings. The van der Waals surface area contributed by atoms with Crippen LogP contribution in [-0.2, 0) is 0 Å². The molecule has 150 valence electrons. The Labute approximate surface area is 182 Å². The number of rotatable bonds is 3. The maximum absolute atomic E-state index is 6.48. The maximum atomic E-state index is 6.48. The number of hydrogen-bond donors (Lipinski definition) is 0. The van der Waals surface area contributed by atoms with E-state index in [0.717, 1.165) is 23.4 Å². The number of hydrogen-bond acceptors (Lipinski definition) is 3. The molecule has 31 heavy (non-hydrogen) atoms. The zero-order chi connectivity index (χ0) is 20.6. The van der Waals surface area contributed by atoms with Gasteiger partial charge >= 0.3 is 0 Å². The molecule has 4 aromatic carbocycles. The molecule has 2 heterocycles. The van der Waals surface area contributed by atoms with Gasteiger partial charge in [-0.15, -0.1) is 0 Å². The van der Waals surface area contributed by atoms with E-state index < -0.39 is 0 Å². The summed E-state index contributed by atoms with van der Waals surface area (Å²) in [5, 5.41) is 7.18. The van der Waals surface area contributed by atoms with Crippen molar-refractivity contribution in [3.8, 4) is 16.9 Å². The molecule has 0 radical (unpaired) electrons. The van der Waals surface area contributed by atoms with Crippen LogP contribution in [0.15, 0.2) is 114 Å². The molecule has 0 saturated heterocycles. The van der Waals surface area contributed by atoms with Crippen molar-refractivity contribution in [2.45, 2.75) is 18.7 Å². The van der Waals surface area contributed by atoms with Crippen LogP contribution in [0, 0.1) is 0 Å². The lowest BCUT2D eigenvalue weighted by molar-refractivity contribution is -0.0190. The molecule has 0 unspecified atom stereocenters. The van der Waals surface area contributed by atoms with E-state index in [1.165, 1.54) is 22.3 Å². The predicted molar refractivity (Wildman–Crippen MR) is 124 cm³/mol. The number of nitrogens with zero attached hydrogens (tertiary/aromatic N) is 2. The van der Waals surface area contributed by atoms with Gasteiger partial charge in [0.05, 0.1) is 11.8 Å². The van der Waals surface area contributed by atoms with Gasteiger partial charge in [0.1, 0.15) is 5.75 Å². The van der Waals surface area contributed by atoms with Gasteiger partial charge in [-0.3, -0.25) is 0 Å². The zero-order valence-corrected chi connectivity index (χ0v) is 17.1. The number of ether oxygens (including phenoxy) is 1. The summed E-state index contributed by atoms with van der Waals surface area (Å²) in [5.74, 6) is 0.949. The second-order valence-corrected chi connectivity index (χ2v) is 8.01. The third-order valence-corrected chi connectivity index (χ3v) is 6.11. The second kappa shape index (κ2) is 7.44. The molecule has 0 bridgehead atoms. The largest absolute Gasteiger partial charge is 0.464 e. The Kier molecular flexibility index (Phi) is 4.31. The van der Waals surface area contributed by atoms with Crippen molar-refractivity contribution in [2.75, 3.05) is 0 Å². The third kappa shape index (κ3) is 3.19. The van der Waals surface area contributed by atoms with E-state index in [1.807, 2.05) is 18.2 Å². The highest BCUT2D eigenvalue weighted by Gasteiger charge is 2.40. The quantitative estimate of drug-likeness (QED) is 0.386. The lowest BCUT2D eigenvalue weighted by atomic mass is 9.95. The summed E-state index contributed by atoms with van der Waals surface area (Å²) in [5.41, 5.74) is 7.01. The van der Waals surface area contributed by atoms with E-state index in [1.54, 1.807) is 0 Å². The molecule has 0 spiro atoms. The fourth-order valence-corrected chi connectivity index (χ4v) is 4.53. The zero-order valence-electron chi connectivity index (χ0n) is 17.1. The fourth-order valence-electron chi connectivity index (χ4n) is 4.53. The molecule has 6 rings (SSSR count). The van der Waals surface area contributed by atoms with Crippen molar-refractivity contribution in [1.29, 1.82) is 0 Å². The molecule has 0 aromatic heterocycles. The minimum atomic E-state index is -0.245. The monoisotopic (exact) mass is 402 g/mol. The number of para-hydroxylation sites is 1. The van der Waals surface area contributed by atoms with Gasteiger partial charge in [0.25, 0.3) is 0 Å². The smallest absolute Gasteiger partial charge is 0.213 e. The van der Waals surface area contributed by atoms with Crippen LogP contribution in [0.4, 0.5) is 0 Å². The van der Waals surface area contributed by atoms with Gasteiger partial charge in [-0.05, 0) is 22.8 Å². The molecule has 3 nitrogen and oxygen atoms in total. The molecule has 4 aromatic rings. The highest BCUT2D eigenvalue weighted by molar-refractivity contribution is 6.01. The molecule has 0 fully saturated rings. The van der Waals surface area contributed by atoms with Crippen LogP contribution in [-0.4, -0.2) is 10.7 Å². The van der Waals surface area contributed by atoms with Gasteiger partial charge in [-0.2, -0.15) is 5.10 Å². The van der Waals surface area contributed by atoms with Gasteiger partial charge in [-0.25, -0.2) is 5.01 Å². The van der Waals surface area contributed by atoms with Crippen LogP contribution >= 0.6 is 0 Å². The first-order chi connectivity index (χ1) is 15.4. The number of fused-ring (bicyclic) bond motifs is 3. The van der Waals surface area contributed by atoms with Gasteiger partial charge in [0.15, 0.2) is 0 Å². The van der Waals surface area contributed by atoms with Crippen LogP contribution in [0.1, 0.15) is 35.4 Å². The first kappa shape index (κ1) is 18.0. The summed E-state index contributed by atoms with van der Waals surface area (Å²) in [6.07, 6.45) is 0.633. The van der Waals surface area contributed by atoms with E-state index in [2.05, 4.69) is 96.0 Å². The standard InChI is InChI=1S/C28H22N2O/c1-3-9-20(10-4-1)21-15-17-23(18-16-21)28-30-26(24-13-7-8-14-27(24)31-28)19-25(29-30)22-11-5-2-6-12-22/h1-18,26,28H,19H2/t26-,28-/m1/s1. The molecule has 2 aliphatic heterocycles. The lowest BCUT2D eigenvalue weighted by Crippen LogP contribution is -2.33. The Bertz CT molecular complexity index is 1230. The number of benzene rings is 4. The lowest BCUT2D eigenvalue weighted by Gasteiger charge is -2.38. The molecule has 2 atom stereocenters. The summed E-state index contributed by atoms with van der Waals surface area (Å²) < 4.78 is 6.48. The Morgan fingerprint density at radius 3 is 2.00 bits per heavy atom. The Hall–Kier alpha value is -3.85. The summed E-state index contributed by atoms with van der Waals surface area (Å²) in [6.45, 7) is 0. The fraction of sp³-hybridized carbons (Fsp3) is 0.107. The SMILES string of the molecule is c1ccc(C2=NN3[C@H](C2)c2ccccc2O[C@@H]3c2ccc(-c3ccccc3)cc2)cc1. The normalized spacial score (nSPS) is 19.2. The summed E-state index contributed by atoms with van der Waals surface area (Å²) in [7, 11) is 0. The van der Waals surface area contributed by atoms with E-state index in [0.29, 0.717) is 0 Å². The Balaban J connectivity index is 1.39. The van der Waals surface area contributed by atoms with Crippen molar-refractivity contribution >= 4 is 5.71 Å². The third-order valence-electron chi connectivity index (χ3n) is 6.11. The van der Waals surface area contributed by atoms with Crippen molar-refractivity contribution < 1.29 is 4.74 Å². The molecule has 3 heteroatoms. The van der Waals surface area contributed by atoms with Crippen molar-refractivity contribution in [3.63, 3.8) is 0 Å². The topological polar surface area (TPSA) is 24.8 Å². The minimum Gasteiger partial charge on any atom is -0.464 e.